The number of ketones is 2. The summed E-state index contributed by atoms with van der Waals surface area (Å²) in [4.78, 5) is 69.8. The highest BCUT2D eigenvalue weighted by Gasteiger charge is 2.56. The summed E-state index contributed by atoms with van der Waals surface area (Å²) in [5, 5.41) is 10.9. The molecule has 5 aliphatic carbocycles. The summed E-state index contributed by atoms with van der Waals surface area (Å²) in [6.07, 6.45) is 17.2. The predicted molar refractivity (Wildman–Crippen MR) is 283 cm³/mol. The van der Waals surface area contributed by atoms with Crippen molar-refractivity contribution in [2.45, 2.75) is 289 Å². The maximum atomic E-state index is 12.3. The van der Waals surface area contributed by atoms with E-state index < -0.39 is 22.4 Å². The summed E-state index contributed by atoms with van der Waals surface area (Å²) in [7, 11) is 0. The van der Waals surface area contributed by atoms with Gasteiger partial charge in [-0.25, -0.2) is 0 Å². The van der Waals surface area contributed by atoms with Crippen molar-refractivity contribution >= 4 is 35.4 Å². The van der Waals surface area contributed by atoms with Crippen LogP contribution >= 0.6 is 0 Å². The van der Waals surface area contributed by atoms with Gasteiger partial charge in [0.15, 0.2) is 0 Å². The minimum atomic E-state index is -0.951. The van der Waals surface area contributed by atoms with Gasteiger partial charge in [0.05, 0.1) is 24.9 Å². The first kappa shape index (κ1) is 64.3. The highest BCUT2D eigenvalue weighted by Crippen LogP contribution is 2.54. The lowest BCUT2D eigenvalue weighted by Gasteiger charge is -2.52. The Bertz CT molecular complexity index is 1800. The molecule has 0 aromatic rings. The fraction of sp³-hybridized carbons (Fsp3) is 0.900. The van der Waals surface area contributed by atoms with Crippen LogP contribution in [-0.4, -0.2) is 68.6 Å². The third-order valence-corrected chi connectivity index (χ3v) is 17.5. The van der Waals surface area contributed by atoms with Crippen LogP contribution in [0.3, 0.4) is 0 Å². The van der Waals surface area contributed by atoms with Gasteiger partial charge in [0.1, 0.15) is 34.0 Å². The molecule has 0 bridgehead atoms. The molecule has 0 amide bonds. The molecule has 0 radical (unpaired) electrons. The number of carbonyl (C=O) groups is 6. The number of fused-ring (bicyclic) bond motifs is 1. The van der Waals surface area contributed by atoms with Gasteiger partial charge in [-0.1, -0.05) is 116 Å². The first-order chi connectivity index (χ1) is 32.1. The molecule has 5 saturated carbocycles. The van der Waals surface area contributed by atoms with E-state index in [0.29, 0.717) is 41.7 Å². The molecular formula is C60H106O11. The molecular weight excluding hydrogens is 897 g/mol. The standard InChI is InChI=1S/C17H30O4.C15H28O3.C11H18O2.C9H16O.C8H14O/c1-12-9-8-10-16(6,7)17(12,20-13(2)18)11-14(19)21-15(3,4)5;1-11-8-7-9-14(5,6)15(11,17)10-12(16)18-13(2,3)4;1-10(2)5-4-6-11(3)8(10)7-9(12)13-11;1-7-5-4-6-9(2,3)8(7)10;1-6-4-3-5-7(2)8(6)9/h12H,8-11H2,1-7H3;11,17H,7-10H2,1-6H3;8H,4-7H2,1-3H3;7H,4-6H2,1-3H3;6-7H,3-5H2,1-2H3/t12-,17-;11-,15-;8?,11-;;/m110../s1. The summed E-state index contributed by atoms with van der Waals surface area (Å²) < 4.78 is 22.0. The lowest BCUT2D eigenvalue weighted by atomic mass is 9.59. The molecule has 412 valence electrons. The summed E-state index contributed by atoms with van der Waals surface area (Å²) in [5.74, 6) is 1.69. The van der Waals surface area contributed by atoms with Gasteiger partial charge in [-0.2, -0.15) is 0 Å². The quantitative estimate of drug-likeness (QED) is 0.206. The largest absolute Gasteiger partial charge is 0.460 e. The molecule has 6 aliphatic rings. The molecule has 9 atom stereocenters. The molecule has 1 aliphatic heterocycles. The molecule has 1 heterocycles. The zero-order valence-electron chi connectivity index (χ0n) is 49.2. The molecule has 1 saturated heterocycles. The topological polar surface area (TPSA) is 160 Å². The van der Waals surface area contributed by atoms with E-state index in [0.717, 1.165) is 70.6 Å². The van der Waals surface area contributed by atoms with E-state index in [9.17, 15) is 33.9 Å². The SMILES string of the molecule is CC(=O)O[C@]1(CC(=O)OC(C)(C)C)[C@H](C)CCCC1(C)C.CC1(C)CCC[C@]2(C)OC(=O)CC12.CC1CCCC(C)(C)C1=O.CC1CCCC(C)C1=O.C[C@@H]1CCCC(C)(C)[C@@]1(O)CC(=O)OC(C)(C)C. The Morgan fingerprint density at radius 1 is 0.592 bits per heavy atom. The second-order valence-corrected chi connectivity index (χ2v) is 27.9. The van der Waals surface area contributed by atoms with Crippen LogP contribution in [0.1, 0.15) is 261 Å². The maximum Gasteiger partial charge on any atom is 0.310 e. The van der Waals surface area contributed by atoms with Crippen LogP contribution in [0.25, 0.3) is 0 Å². The zero-order chi connectivity index (χ0) is 55.0. The second-order valence-electron chi connectivity index (χ2n) is 27.9. The summed E-state index contributed by atoms with van der Waals surface area (Å²) in [6, 6.07) is 0. The molecule has 71 heavy (non-hydrogen) atoms. The van der Waals surface area contributed by atoms with Gasteiger partial charge in [-0.15, -0.1) is 0 Å². The number of rotatable bonds is 5. The van der Waals surface area contributed by atoms with Crippen molar-refractivity contribution in [1.82, 2.24) is 0 Å². The molecule has 6 fully saturated rings. The number of carbonyl (C=O) groups excluding carboxylic acids is 6. The number of ether oxygens (including phenoxy) is 4. The highest BCUT2D eigenvalue weighted by molar-refractivity contribution is 5.86. The van der Waals surface area contributed by atoms with Crippen LogP contribution in [0, 0.1) is 57.2 Å². The van der Waals surface area contributed by atoms with Gasteiger partial charge < -0.3 is 24.1 Å². The summed E-state index contributed by atoms with van der Waals surface area (Å²) in [6.45, 7) is 41.7. The van der Waals surface area contributed by atoms with Gasteiger partial charge in [0.25, 0.3) is 0 Å². The van der Waals surface area contributed by atoms with Crippen LogP contribution in [0.5, 0.6) is 0 Å². The van der Waals surface area contributed by atoms with Crippen molar-refractivity contribution in [1.29, 1.82) is 0 Å². The first-order valence-corrected chi connectivity index (χ1v) is 27.7. The van der Waals surface area contributed by atoms with E-state index >= 15 is 0 Å². The number of esters is 4. The van der Waals surface area contributed by atoms with Crippen molar-refractivity contribution < 1.29 is 52.8 Å². The smallest absolute Gasteiger partial charge is 0.310 e. The Kier molecular flexibility index (Phi) is 22.4. The van der Waals surface area contributed by atoms with Gasteiger partial charge in [-0.3, -0.25) is 28.8 Å². The number of aliphatic hydroxyl groups is 1. The Labute approximate surface area is 432 Å². The second kappa shape index (κ2) is 24.7. The van der Waals surface area contributed by atoms with E-state index in [1.54, 1.807) is 0 Å². The molecule has 0 spiro atoms. The van der Waals surface area contributed by atoms with Crippen LogP contribution in [0.4, 0.5) is 0 Å². The predicted octanol–water partition coefficient (Wildman–Crippen LogP) is 14.1. The van der Waals surface area contributed by atoms with Crippen molar-refractivity contribution in [2.75, 3.05) is 0 Å². The van der Waals surface area contributed by atoms with Crippen LogP contribution in [0.2, 0.25) is 0 Å². The molecule has 11 nitrogen and oxygen atoms in total. The third-order valence-electron chi connectivity index (χ3n) is 17.5. The van der Waals surface area contributed by atoms with Crippen LogP contribution in [0.15, 0.2) is 0 Å². The highest BCUT2D eigenvalue weighted by atomic mass is 16.6. The molecule has 0 aromatic heterocycles. The number of Topliss-reactive ketones (excluding diaryl/α,β-unsaturated/α-hetero) is 2. The van der Waals surface area contributed by atoms with E-state index in [2.05, 4.69) is 55.4 Å². The van der Waals surface area contributed by atoms with Gasteiger partial charge in [0.2, 0.25) is 0 Å². The lowest BCUT2D eigenvalue weighted by Crippen LogP contribution is -2.56. The fourth-order valence-electron chi connectivity index (χ4n) is 12.9. The third kappa shape index (κ3) is 17.9. The Balaban J connectivity index is 0.000000314. The Morgan fingerprint density at radius 2 is 1.06 bits per heavy atom. The van der Waals surface area contributed by atoms with Gasteiger partial charge >= 0.3 is 23.9 Å². The van der Waals surface area contributed by atoms with E-state index in [1.807, 2.05) is 83.1 Å². The fourth-order valence-corrected chi connectivity index (χ4v) is 12.9. The van der Waals surface area contributed by atoms with E-state index in [1.165, 1.54) is 32.6 Å². The van der Waals surface area contributed by atoms with Crippen LogP contribution < -0.4 is 0 Å². The molecule has 1 N–H and O–H groups in total. The summed E-state index contributed by atoms with van der Waals surface area (Å²) >= 11 is 0. The average molecular weight is 1000 g/mol. The van der Waals surface area contributed by atoms with Crippen molar-refractivity contribution in [2.24, 2.45) is 57.2 Å². The minimum absolute atomic E-state index is 0.00229. The van der Waals surface area contributed by atoms with Crippen molar-refractivity contribution in [3.05, 3.63) is 0 Å². The van der Waals surface area contributed by atoms with Gasteiger partial charge in [-0.05, 0) is 142 Å². The van der Waals surface area contributed by atoms with Gasteiger partial charge in [0, 0.05) is 41.4 Å². The maximum absolute atomic E-state index is 12.3. The number of hydrogen-bond donors (Lipinski definition) is 1. The lowest BCUT2D eigenvalue weighted by molar-refractivity contribution is -0.202. The molecule has 11 heteroatoms. The zero-order valence-corrected chi connectivity index (χ0v) is 49.2. The van der Waals surface area contributed by atoms with Crippen molar-refractivity contribution in [3.8, 4) is 0 Å². The molecule has 4 unspecified atom stereocenters. The summed E-state index contributed by atoms with van der Waals surface area (Å²) in [5.41, 5.74) is -3.14. The number of hydrogen-bond acceptors (Lipinski definition) is 11. The van der Waals surface area contributed by atoms with E-state index in [-0.39, 0.29) is 75.8 Å². The van der Waals surface area contributed by atoms with E-state index in [4.69, 9.17) is 18.9 Å². The molecule has 0 aromatic carbocycles. The Morgan fingerprint density at radius 3 is 1.48 bits per heavy atom. The minimum Gasteiger partial charge on any atom is -0.460 e. The van der Waals surface area contributed by atoms with Crippen molar-refractivity contribution in [3.63, 3.8) is 0 Å². The molecule has 6 rings (SSSR count). The average Bonchev–Trinajstić information content (AvgIpc) is 3.51. The normalized spacial score (nSPS) is 33.7. The first-order valence-electron chi connectivity index (χ1n) is 27.7. The monoisotopic (exact) mass is 1000 g/mol. The Hall–Kier alpha value is -2.82. The van der Waals surface area contributed by atoms with Crippen LogP contribution in [-0.2, 0) is 47.7 Å².